The summed E-state index contributed by atoms with van der Waals surface area (Å²) in [7, 11) is 0. The number of ether oxygens (including phenoxy) is 1. The first-order valence-corrected chi connectivity index (χ1v) is 13.0. The molecule has 35 heavy (non-hydrogen) atoms. The molecule has 3 amide bonds. The summed E-state index contributed by atoms with van der Waals surface area (Å²) in [5.74, 6) is -0.0392. The van der Waals surface area contributed by atoms with E-state index in [1.54, 1.807) is 11.0 Å². The van der Waals surface area contributed by atoms with Crippen LogP contribution in [0.4, 0.5) is 4.79 Å². The number of amides is 3. The first-order chi connectivity index (χ1) is 16.3. The second kappa shape index (κ2) is 13.7. The molecule has 0 saturated carbocycles. The van der Waals surface area contributed by atoms with Gasteiger partial charge in [-0.1, -0.05) is 45.8 Å². The van der Waals surface area contributed by atoms with Crippen molar-refractivity contribution < 1.29 is 19.1 Å². The van der Waals surface area contributed by atoms with Crippen LogP contribution in [0.2, 0.25) is 0 Å². The van der Waals surface area contributed by atoms with Gasteiger partial charge in [-0.3, -0.25) is 9.59 Å². The lowest BCUT2D eigenvalue weighted by atomic mass is 9.74. The van der Waals surface area contributed by atoms with Crippen molar-refractivity contribution in [2.24, 2.45) is 10.8 Å². The fraction of sp³-hybridized carbons (Fsp3) is 0.750. The number of nitrogens with one attached hydrogen (secondary N) is 2. The summed E-state index contributed by atoms with van der Waals surface area (Å²) in [6.45, 7) is 20.7. The van der Waals surface area contributed by atoms with Crippen LogP contribution in [0.25, 0.3) is 0 Å². The molecule has 7 heteroatoms. The zero-order valence-corrected chi connectivity index (χ0v) is 23.0. The van der Waals surface area contributed by atoms with E-state index in [2.05, 4.69) is 44.6 Å². The van der Waals surface area contributed by atoms with Crippen molar-refractivity contribution >= 4 is 17.9 Å². The molecule has 1 saturated heterocycles. The van der Waals surface area contributed by atoms with Crippen molar-refractivity contribution in [3.8, 4) is 0 Å². The Hall–Kier alpha value is -2.31. The van der Waals surface area contributed by atoms with Crippen LogP contribution in [-0.2, 0) is 14.3 Å². The monoisotopic (exact) mass is 491 g/mol. The summed E-state index contributed by atoms with van der Waals surface area (Å²) in [5, 5.41) is 6.25. The van der Waals surface area contributed by atoms with Crippen molar-refractivity contribution in [3.05, 3.63) is 25.3 Å². The molecular weight excluding hydrogens is 442 g/mol. The predicted molar refractivity (Wildman–Crippen MR) is 142 cm³/mol. The number of hydrogen-bond acceptors (Lipinski definition) is 4. The number of hydrogen-bond donors (Lipinski definition) is 2. The van der Waals surface area contributed by atoms with E-state index in [9.17, 15) is 14.4 Å². The van der Waals surface area contributed by atoms with Gasteiger partial charge in [0.25, 0.3) is 0 Å². The van der Waals surface area contributed by atoms with Gasteiger partial charge in [0, 0.05) is 32.1 Å². The highest BCUT2D eigenvalue weighted by atomic mass is 16.6. The normalized spacial score (nSPS) is 16.7. The number of rotatable bonds is 13. The van der Waals surface area contributed by atoms with Crippen molar-refractivity contribution in [1.82, 2.24) is 15.5 Å². The first-order valence-electron chi connectivity index (χ1n) is 13.0. The number of likely N-dealkylation sites (tertiary alicyclic amines) is 1. The molecule has 1 fully saturated rings. The van der Waals surface area contributed by atoms with E-state index in [0.717, 1.165) is 25.7 Å². The average Bonchev–Trinajstić information content (AvgIpc) is 2.74. The second-order valence-electron chi connectivity index (χ2n) is 11.7. The molecule has 0 aromatic heterocycles. The zero-order valence-electron chi connectivity index (χ0n) is 23.0. The van der Waals surface area contributed by atoms with Crippen molar-refractivity contribution in [3.63, 3.8) is 0 Å². The summed E-state index contributed by atoms with van der Waals surface area (Å²) in [6.07, 6.45) is 8.90. The Bertz CT molecular complexity index is 731. The highest BCUT2D eigenvalue weighted by Crippen LogP contribution is 2.36. The van der Waals surface area contributed by atoms with Crippen LogP contribution in [0.5, 0.6) is 0 Å². The molecule has 0 spiro atoms. The Kier molecular flexibility index (Phi) is 12.0. The van der Waals surface area contributed by atoms with Crippen LogP contribution in [0.1, 0.15) is 92.9 Å². The smallest absolute Gasteiger partial charge is 0.410 e. The Morgan fingerprint density at radius 1 is 1.09 bits per heavy atom. The SMILES string of the molecule is C=CCC(C)(C)CC(=O)NC(CCCC)CNC(=O)C1(CC=C)CCN(C(=O)OC(C)(C)C)CC1. The van der Waals surface area contributed by atoms with Crippen LogP contribution in [0.3, 0.4) is 0 Å². The number of nitrogens with zero attached hydrogens (tertiary/aromatic N) is 1. The molecule has 200 valence electrons. The Balaban J connectivity index is 2.77. The quantitative estimate of drug-likeness (QED) is 0.339. The Labute approximate surface area is 213 Å². The molecule has 2 N–H and O–H groups in total. The predicted octanol–water partition coefficient (Wildman–Crippen LogP) is 5.36. The maximum Gasteiger partial charge on any atom is 0.410 e. The van der Waals surface area contributed by atoms with Gasteiger partial charge in [-0.25, -0.2) is 4.79 Å². The highest BCUT2D eigenvalue weighted by molar-refractivity contribution is 5.83. The third-order valence-corrected chi connectivity index (χ3v) is 6.51. The maximum absolute atomic E-state index is 13.4. The minimum absolute atomic E-state index is 0.00123. The van der Waals surface area contributed by atoms with Gasteiger partial charge in [0.05, 0.1) is 5.41 Å². The topological polar surface area (TPSA) is 87.7 Å². The van der Waals surface area contributed by atoms with E-state index in [1.165, 1.54) is 0 Å². The molecule has 1 atom stereocenters. The summed E-state index contributed by atoms with van der Waals surface area (Å²) in [4.78, 5) is 40.2. The minimum atomic E-state index is -0.606. The van der Waals surface area contributed by atoms with Gasteiger partial charge < -0.3 is 20.3 Å². The third kappa shape index (κ3) is 10.9. The van der Waals surface area contributed by atoms with E-state index < -0.39 is 11.0 Å². The summed E-state index contributed by atoms with van der Waals surface area (Å²) in [6, 6.07) is -0.117. The van der Waals surface area contributed by atoms with Gasteiger partial charge >= 0.3 is 6.09 Å². The van der Waals surface area contributed by atoms with E-state index in [0.29, 0.717) is 45.3 Å². The van der Waals surface area contributed by atoms with Crippen molar-refractivity contribution in [2.75, 3.05) is 19.6 Å². The molecule has 1 aliphatic rings. The molecule has 0 bridgehead atoms. The van der Waals surface area contributed by atoms with Gasteiger partial charge in [-0.05, 0) is 58.3 Å². The minimum Gasteiger partial charge on any atom is -0.444 e. The number of unbranched alkanes of at least 4 members (excludes halogenated alkanes) is 1. The standard InChI is InChI=1S/C28H49N3O4/c1-9-12-13-22(30-23(32)20-27(7,8)14-10-2)21-29-24(33)28(15-11-3)16-18-31(19-17-28)25(34)35-26(4,5)6/h10-11,22H,2-3,9,12-21H2,1,4-8H3,(H,29,33)(H,30,32). The third-order valence-electron chi connectivity index (χ3n) is 6.51. The molecule has 0 aliphatic carbocycles. The lowest BCUT2D eigenvalue weighted by Crippen LogP contribution is -2.53. The van der Waals surface area contributed by atoms with Crippen molar-refractivity contribution in [2.45, 2.75) is 105 Å². The van der Waals surface area contributed by atoms with Gasteiger partial charge in [0.2, 0.25) is 11.8 Å². The number of carbonyl (C=O) groups excluding carboxylic acids is 3. The Morgan fingerprint density at radius 3 is 2.23 bits per heavy atom. The van der Waals surface area contributed by atoms with Gasteiger partial charge in [-0.2, -0.15) is 0 Å². The van der Waals surface area contributed by atoms with Gasteiger partial charge in [-0.15, -0.1) is 13.2 Å². The molecule has 7 nitrogen and oxygen atoms in total. The Morgan fingerprint density at radius 2 is 1.71 bits per heavy atom. The van der Waals surface area contributed by atoms with E-state index >= 15 is 0 Å². The molecule has 0 radical (unpaired) electrons. The fourth-order valence-corrected chi connectivity index (χ4v) is 4.50. The summed E-state index contributed by atoms with van der Waals surface area (Å²) in [5.41, 5.74) is -1.31. The molecular formula is C28H49N3O4. The first kappa shape index (κ1) is 30.7. The molecule has 1 aliphatic heterocycles. The van der Waals surface area contributed by atoms with Crippen LogP contribution >= 0.6 is 0 Å². The van der Waals surface area contributed by atoms with Crippen LogP contribution in [0.15, 0.2) is 25.3 Å². The summed E-state index contributed by atoms with van der Waals surface area (Å²) < 4.78 is 5.49. The number of allylic oxidation sites excluding steroid dienone is 2. The van der Waals surface area contributed by atoms with Crippen LogP contribution < -0.4 is 10.6 Å². The van der Waals surface area contributed by atoms with E-state index in [1.807, 2.05) is 26.8 Å². The van der Waals surface area contributed by atoms with Gasteiger partial charge in [0.15, 0.2) is 0 Å². The van der Waals surface area contributed by atoms with Crippen LogP contribution in [-0.4, -0.2) is 54.1 Å². The molecule has 0 aromatic rings. The fourth-order valence-electron chi connectivity index (χ4n) is 4.50. The maximum atomic E-state index is 13.4. The lowest BCUT2D eigenvalue weighted by Gasteiger charge is -2.40. The molecule has 0 aromatic carbocycles. The van der Waals surface area contributed by atoms with Gasteiger partial charge in [0.1, 0.15) is 5.60 Å². The average molecular weight is 492 g/mol. The number of piperidine rings is 1. The molecule has 1 unspecified atom stereocenters. The second-order valence-corrected chi connectivity index (χ2v) is 11.7. The largest absolute Gasteiger partial charge is 0.444 e. The van der Waals surface area contributed by atoms with E-state index in [4.69, 9.17) is 4.74 Å². The highest BCUT2D eigenvalue weighted by Gasteiger charge is 2.42. The van der Waals surface area contributed by atoms with Crippen molar-refractivity contribution in [1.29, 1.82) is 0 Å². The van der Waals surface area contributed by atoms with Crippen LogP contribution in [0, 0.1) is 10.8 Å². The summed E-state index contributed by atoms with van der Waals surface area (Å²) >= 11 is 0. The zero-order chi connectivity index (χ0) is 26.7. The number of carbonyl (C=O) groups is 3. The van der Waals surface area contributed by atoms with E-state index in [-0.39, 0.29) is 29.4 Å². The lowest BCUT2D eigenvalue weighted by molar-refractivity contribution is -0.134. The molecule has 1 rings (SSSR count). The molecule has 1 heterocycles.